The molecule has 6 nitrogen and oxygen atoms in total. The van der Waals surface area contributed by atoms with Crippen LogP contribution in [-0.4, -0.2) is 39.2 Å². The first-order chi connectivity index (χ1) is 12.9. The van der Waals surface area contributed by atoms with Crippen LogP contribution in [0, 0.1) is 3.57 Å². The number of carbonyl (C=O) groups excluding carboxylic acids is 1. The molecule has 1 aliphatic heterocycles. The summed E-state index contributed by atoms with van der Waals surface area (Å²) in [5, 5.41) is 0. The summed E-state index contributed by atoms with van der Waals surface area (Å²) in [4.78, 5) is 28.8. The highest BCUT2D eigenvalue weighted by atomic mass is 127. The number of imidazole rings is 1. The average molecular weight is 511 g/mol. The molecule has 1 fully saturated rings. The average Bonchev–Trinajstić information content (AvgIpc) is 2.86. The van der Waals surface area contributed by atoms with Gasteiger partial charge in [-0.05, 0) is 68.3 Å². The summed E-state index contributed by atoms with van der Waals surface area (Å²) in [6.45, 7) is 6.08. The highest BCUT2D eigenvalue weighted by molar-refractivity contribution is 14.1. The van der Waals surface area contributed by atoms with Gasteiger partial charge in [0.1, 0.15) is 5.60 Å². The van der Waals surface area contributed by atoms with Crippen molar-refractivity contribution in [2.24, 2.45) is 0 Å². The number of rotatable bonds is 1. The van der Waals surface area contributed by atoms with Gasteiger partial charge in [0, 0.05) is 22.7 Å². The number of likely N-dealkylation sites (tertiary alicyclic amines) is 1. The van der Waals surface area contributed by atoms with Gasteiger partial charge in [0.25, 0.3) is 0 Å². The number of nitrogens with one attached hydrogen (secondary N) is 1. The summed E-state index contributed by atoms with van der Waals surface area (Å²) < 4.78 is 46.6. The van der Waals surface area contributed by atoms with Gasteiger partial charge in [-0.1, -0.05) is 0 Å². The topological polar surface area (TPSA) is 67.3 Å². The number of nitrogens with zero attached hydrogens (tertiary/aromatic N) is 2. The molecule has 154 valence electrons. The third-order valence-electron chi connectivity index (χ3n) is 4.59. The number of H-pyrrole nitrogens is 1. The minimum atomic E-state index is -4.50. The number of hydrogen-bond acceptors (Lipinski definition) is 3. The van der Waals surface area contributed by atoms with Crippen LogP contribution >= 0.6 is 22.6 Å². The molecule has 2 aromatic rings. The van der Waals surface area contributed by atoms with E-state index in [1.165, 1.54) is 10.6 Å². The number of alkyl halides is 3. The molecule has 1 N–H and O–H groups in total. The van der Waals surface area contributed by atoms with Crippen LogP contribution in [-0.2, 0) is 10.9 Å². The second-order valence-corrected chi connectivity index (χ2v) is 9.01. The van der Waals surface area contributed by atoms with E-state index in [-0.39, 0.29) is 15.1 Å². The maximum atomic E-state index is 13.3. The van der Waals surface area contributed by atoms with Crippen molar-refractivity contribution >= 4 is 39.7 Å². The molecule has 0 radical (unpaired) electrons. The van der Waals surface area contributed by atoms with Crippen LogP contribution in [0.5, 0.6) is 0 Å². The van der Waals surface area contributed by atoms with Gasteiger partial charge in [0.05, 0.1) is 16.6 Å². The van der Waals surface area contributed by atoms with Crippen molar-refractivity contribution < 1.29 is 22.7 Å². The predicted molar refractivity (Wildman–Crippen MR) is 106 cm³/mol. The smallest absolute Gasteiger partial charge is 0.417 e. The second kappa shape index (κ2) is 7.27. The maximum absolute atomic E-state index is 13.3. The van der Waals surface area contributed by atoms with E-state index in [4.69, 9.17) is 4.74 Å². The Kier molecular flexibility index (Phi) is 5.45. The number of hydrogen-bond donors (Lipinski definition) is 1. The molecule has 1 aliphatic rings. The van der Waals surface area contributed by atoms with Crippen LogP contribution in [0.4, 0.5) is 18.0 Å². The molecule has 0 saturated carbocycles. The third-order valence-corrected chi connectivity index (χ3v) is 5.48. The molecule has 0 bridgehead atoms. The standard InChI is InChI=1S/C18H21F3IN3O3/c1-17(2,3)28-16(27)24-6-4-10(5-7-24)25-14-8-11(18(19,20)21)12(22)9-13(14)23-15(25)26/h8-10H,4-7H2,1-3H3,(H,23,26). The molecule has 1 saturated heterocycles. The molecule has 0 atom stereocenters. The van der Waals surface area contributed by atoms with E-state index in [9.17, 15) is 22.8 Å². The van der Waals surface area contributed by atoms with Crippen molar-refractivity contribution in [2.75, 3.05) is 13.1 Å². The minimum Gasteiger partial charge on any atom is -0.444 e. The fourth-order valence-electron chi connectivity index (χ4n) is 3.36. The summed E-state index contributed by atoms with van der Waals surface area (Å²) in [7, 11) is 0. The van der Waals surface area contributed by atoms with E-state index >= 15 is 0 Å². The summed E-state index contributed by atoms with van der Waals surface area (Å²) in [5.41, 5.74) is -1.21. The lowest BCUT2D eigenvalue weighted by Gasteiger charge is -2.33. The molecular formula is C18H21F3IN3O3. The zero-order valence-electron chi connectivity index (χ0n) is 15.7. The number of aromatic nitrogens is 2. The van der Waals surface area contributed by atoms with E-state index in [1.807, 2.05) is 0 Å². The van der Waals surface area contributed by atoms with Crippen LogP contribution in [0.2, 0.25) is 0 Å². The number of halogens is 4. The Morgan fingerprint density at radius 1 is 1.21 bits per heavy atom. The van der Waals surface area contributed by atoms with Crippen molar-refractivity contribution in [1.82, 2.24) is 14.5 Å². The largest absolute Gasteiger partial charge is 0.444 e. The van der Waals surface area contributed by atoms with E-state index < -0.39 is 29.1 Å². The molecular weight excluding hydrogens is 490 g/mol. The zero-order chi connectivity index (χ0) is 20.9. The van der Waals surface area contributed by atoms with Gasteiger partial charge in [-0.2, -0.15) is 13.2 Å². The highest BCUT2D eigenvalue weighted by Crippen LogP contribution is 2.36. The Hall–Kier alpha value is -1.72. The Morgan fingerprint density at radius 3 is 2.36 bits per heavy atom. The predicted octanol–water partition coefficient (Wildman–Crippen LogP) is 4.53. The van der Waals surface area contributed by atoms with E-state index in [2.05, 4.69) is 4.98 Å². The van der Waals surface area contributed by atoms with Crippen LogP contribution in [0.25, 0.3) is 11.0 Å². The molecule has 2 heterocycles. The Morgan fingerprint density at radius 2 is 1.82 bits per heavy atom. The molecule has 0 spiro atoms. The van der Waals surface area contributed by atoms with E-state index in [0.29, 0.717) is 31.4 Å². The Labute approximate surface area is 173 Å². The monoisotopic (exact) mass is 511 g/mol. The number of fused-ring (bicyclic) bond motifs is 1. The minimum absolute atomic E-state index is 0.0331. The van der Waals surface area contributed by atoms with Crippen molar-refractivity contribution in [1.29, 1.82) is 0 Å². The summed E-state index contributed by atoms with van der Waals surface area (Å²) >= 11 is 1.62. The van der Waals surface area contributed by atoms with Crippen molar-refractivity contribution in [2.45, 2.75) is 51.4 Å². The van der Waals surface area contributed by atoms with Crippen molar-refractivity contribution in [3.05, 3.63) is 31.8 Å². The maximum Gasteiger partial charge on any atom is 0.417 e. The van der Waals surface area contributed by atoms with Crippen LogP contribution in [0.3, 0.4) is 0 Å². The molecule has 1 aromatic heterocycles. The highest BCUT2D eigenvalue weighted by Gasteiger charge is 2.35. The van der Waals surface area contributed by atoms with E-state index in [0.717, 1.165) is 6.07 Å². The van der Waals surface area contributed by atoms with Gasteiger partial charge in [0.15, 0.2) is 0 Å². The first-order valence-electron chi connectivity index (χ1n) is 8.86. The van der Waals surface area contributed by atoms with Crippen molar-refractivity contribution in [3.8, 4) is 0 Å². The van der Waals surface area contributed by atoms with Gasteiger partial charge >= 0.3 is 18.0 Å². The van der Waals surface area contributed by atoms with Crippen molar-refractivity contribution in [3.63, 3.8) is 0 Å². The molecule has 28 heavy (non-hydrogen) atoms. The Bertz CT molecular complexity index is 951. The first kappa shape index (κ1) is 21.0. The SMILES string of the molecule is CC(C)(C)OC(=O)N1CCC(n2c(=O)[nH]c3cc(I)c(C(F)(F)F)cc32)CC1. The fraction of sp³-hybridized carbons (Fsp3) is 0.556. The molecule has 0 aliphatic carbocycles. The van der Waals surface area contributed by atoms with E-state index in [1.54, 1.807) is 48.3 Å². The summed E-state index contributed by atoms with van der Waals surface area (Å²) in [5.74, 6) is 0. The first-order valence-corrected chi connectivity index (χ1v) is 9.93. The number of amides is 1. The lowest BCUT2D eigenvalue weighted by Crippen LogP contribution is -2.43. The molecule has 1 amide bonds. The lowest BCUT2D eigenvalue weighted by molar-refractivity contribution is -0.138. The summed E-state index contributed by atoms with van der Waals surface area (Å²) in [6.07, 6.45) is -4.01. The zero-order valence-corrected chi connectivity index (χ0v) is 17.8. The molecule has 0 unspecified atom stereocenters. The second-order valence-electron chi connectivity index (χ2n) is 7.85. The van der Waals surface area contributed by atoms with Gasteiger partial charge in [-0.3, -0.25) is 4.57 Å². The summed E-state index contributed by atoms with van der Waals surface area (Å²) in [6, 6.07) is 2.07. The molecule has 3 rings (SSSR count). The third kappa shape index (κ3) is 4.31. The number of ether oxygens (including phenoxy) is 1. The van der Waals surface area contributed by atoms with Crippen LogP contribution in [0.15, 0.2) is 16.9 Å². The quantitative estimate of drug-likeness (QED) is 0.573. The normalized spacial score (nSPS) is 16.6. The number of benzene rings is 1. The molecule has 10 heteroatoms. The van der Waals surface area contributed by atoms with Crippen LogP contribution < -0.4 is 5.69 Å². The molecule has 1 aromatic carbocycles. The van der Waals surface area contributed by atoms with Gasteiger partial charge < -0.3 is 14.6 Å². The number of piperidine rings is 1. The lowest BCUT2D eigenvalue weighted by atomic mass is 10.0. The van der Waals surface area contributed by atoms with Crippen LogP contribution in [0.1, 0.15) is 45.2 Å². The number of aromatic amines is 1. The van der Waals surface area contributed by atoms with Gasteiger partial charge in [-0.25, -0.2) is 9.59 Å². The Balaban J connectivity index is 1.86. The van der Waals surface area contributed by atoms with Gasteiger partial charge in [0.2, 0.25) is 0 Å². The number of carbonyl (C=O) groups is 1. The fourth-order valence-corrected chi connectivity index (χ4v) is 4.13. The van der Waals surface area contributed by atoms with Gasteiger partial charge in [-0.15, -0.1) is 0 Å².